The third-order valence-corrected chi connectivity index (χ3v) is 5.97. The molecule has 1 saturated carbocycles. The quantitative estimate of drug-likeness (QED) is 0.406. The number of halogens is 3. The van der Waals surface area contributed by atoms with Crippen molar-refractivity contribution < 1.29 is 32.5 Å². The largest absolute Gasteiger partial charge is 0.493 e. The van der Waals surface area contributed by atoms with Gasteiger partial charge in [0.15, 0.2) is 11.5 Å². The molecule has 0 radical (unpaired) electrons. The van der Waals surface area contributed by atoms with Crippen molar-refractivity contribution in [3.8, 4) is 11.5 Å². The summed E-state index contributed by atoms with van der Waals surface area (Å²) in [6.07, 6.45) is 2.01. The highest BCUT2D eigenvalue weighted by atomic mass is 19.3. The summed E-state index contributed by atoms with van der Waals surface area (Å²) < 4.78 is 59.7. The first-order valence-electron chi connectivity index (χ1n) is 11.3. The molecule has 1 fully saturated rings. The standard InChI is InChI=1S/C25H28F3N3O4/c1-14-30-19-10-20(34-3)21(35-22(12-33-2)15-7-8-15)9-17(19)24(31-14)29-11-16-5-4-6-18(23(16)26)25(27,28)13-32/h4-6,9-10,15,22,32H,7-8,11-13H2,1-3H3,(H,29,30,31). The molecule has 35 heavy (non-hydrogen) atoms. The molecule has 3 aromatic rings. The highest BCUT2D eigenvalue weighted by Crippen LogP contribution is 2.40. The number of aliphatic hydroxyl groups is 1. The van der Waals surface area contributed by atoms with Gasteiger partial charge in [0, 0.05) is 30.7 Å². The molecule has 4 rings (SSSR count). The lowest BCUT2D eigenvalue weighted by Gasteiger charge is -2.21. The van der Waals surface area contributed by atoms with Crippen LogP contribution in [0.4, 0.5) is 19.0 Å². The predicted octanol–water partition coefficient (Wildman–Crippen LogP) is 4.59. The van der Waals surface area contributed by atoms with Crippen molar-refractivity contribution in [2.24, 2.45) is 5.92 Å². The number of aromatic nitrogens is 2. The third kappa shape index (κ3) is 5.43. The first kappa shape index (κ1) is 25.0. The van der Waals surface area contributed by atoms with E-state index in [-0.39, 0.29) is 18.2 Å². The minimum atomic E-state index is -3.68. The number of nitrogens with one attached hydrogen (secondary N) is 1. The molecule has 7 nitrogen and oxygen atoms in total. The van der Waals surface area contributed by atoms with E-state index >= 15 is 0 Å². The van der Waals surface area contributed by atoms with Crippen LogP contribution in [0, 0.1) is 18.7 Å². The zero-order valence-electron chi connectivity index (χ0n) is 19.8. The number of aliphatic hydroxyl groups excluding tert-OH is 1. The van der Waals surface area contributed by atoms with Gasteiger partial charge in [0.25, 0.3) is 5.92 Å². The van der Waals surface area contributed by atoms with Gasteiger partial charge < -0.3 is 24.6 Å². The summed E-state index contributed by atoms with van der Waals surface area (Å²) in [6, 6.07) is 7.19. The van der Waals surface area contributed by atoms with E-state index in [1.807, 2.05) is 0 Å². The monoisotopic (exact) mass is 491 g/mol. The van der Waals surface area contributed by atoms with Gasteiger partial charge in [-0.25, -0.2) is 14.4 Å². The molecule has 1 aliphatic carbocycles. The van der Waals surface area contributed by atoms with Crippen molar-refractivity contribution in [3.05, 3.63) is 53.1 Å². The van der Waals surface area contributed by atoms with Gasteiger partial charge >= 0.3 is 0 Å². The van der Waals surface area contributed by atoms with Crippen LogP contribution < -0.4 is 14.8 Å². The number of methoxy groups -OCH3 is 2. The molecule has 1 aliphatic rings. The summed E-state index contributed by atoms with van der Waals surface area (Å²) in [5.41, 5.74) is -0.258. The van der Waals surface area contributed by atoms with Crippen LogP contribution in [0.15, 0.2) is 30.3 Å². The number of nitrogens with zero attached hydrogens (tertiary/aromatic N) is 2. The van der Waals surface area contributed by atoms with Gasteiger partial charge in [0.05, 0.1) is 24.8 Å². The van der Waals surface area contributed by atoms with E-state index in [2.05, 4.69) is 15.3 Å². The SMILES string of the molecule is COCC(Oc1cc2c(NCc3cccc(C(F)(F)CO)c3F)nc(C)nc2cc1OC)C1CC1. The van der Waals surface area contributed by atoms with Crippen molar-refractivity contribution in [2.45, 2.75) is 38.3 Å². The van der Waals surface area contributed by atoms with E-state index in [0.717, 1.165) is 18.9 Å². The molecule has 1 heterocycles. The van der Waals surface area contributed by atoms with Crippen molar-refractivity contribution in [1.29, 1.82) is 0 Å². The second-order valence-electron chi connectivity index (χ2n) is 8.58. The fraction of sp³-hybridized carbons (Fsp3) is 0.440. The maximum atomic E-state index is 14.8. The van der Waals surface area contributed by atoms with Crippen LogP contribution in [0.25, 0.3) is 10.9 Å². The van der Waals surface area contributed by atoms with Gasteiger partial charge in [-0.2, -0.15) is 8.78 Å². The second kappa shape index (κ2) is 10.2. The Morgan fingerprint density at radius 1 is 1.17 bits per heavy atom. The van der Waals surface area contributed by atoms with Gasteiger partial charge in [0.2, 0.25) is 0 Å². The number of aryl methyl sites for hydroxylation is 1. The summed E-state index contributed by atoms with van der Waals surface area (Å²) in [6.45, 7) is 0.567. The lowest BCUT2D eigenvalue weighted by molar-refractivity contribution is -0.0583. The van der Waals surface area contributed by atoms with E-state index < -0.39 is 23.9 Å². The number of hydrogen-bond acceptors (Lipinski definition) is 7. The Hall–Kier alpha value is -3.11. The Morgan fingerprint density at radius 3 is 2.60 bits per heavy atom. The average Bonchev–Trinajstić information content (AvgIpc) is 3.68. The zero-order valence-corrected chi connectivity index (χ0v) is 19.8. The van der Waals surface area contributed by atoms with Crippen molar-refractivity contribution >= 4 is 16.7 Å². The average molecular weight is 492 g/mol. The number of hydrogen-bond donors (Lipinski definition) is 2. The molecular weight excluding hydrogens is 463 g/mol. The van der Waals surface area contributed by atoms with Gasteiger partial charge in [-0.05, 0) is 37.8 Å². The van der Waals surface area contributed by atoms with Crippen LogP contribution in [0.3, 0.4) is 0 Å². The van der Waals surface area contributed by atoms with Crippen molar-refractivity contribution in [1.82, 2.24) is 9.97 Å². The third-order valence-electron chi connectivity index (χ3n) is 5.97. The van der Waals surface area contributed by atoms with Gasteiger partial charge in [-0.15, -0.1) is 0 Å². The molecule has 1 aromatic heterocycles. The fourth-order valence-electron chi connectivity index (χ4n) is 3.96. The van der Waals surface area contributed by atoms with E-state index in [1.165, 1.54) is 12.1 Å². The molecule has 0 spiro atoms. The van der Waals surface area contributed by atoms with Gasteiger partial charge in [-0.3, -0.25) is 0 Å². The van der Waals surface area contributed by atoms with Crippen LogP contribution in [0.2, 0.25) is 0 Å². The normalized spacial score (nSPS) is 14.7. The zero-order chi connectivity index (χ0) is 25.2. The Morgan fingerprint density at radius 2 is 1.94 bits per heavy atom. The summed E-state index contributed by atoms with van der Waals surface area (Å²) in [5, 5.41) is 12.6. The van der Waals surface area contributed by atoms with Crippen LogP contribution in [-0.2, 0) is 17.2 Å². The van der Waals surface area contributed by atoms with Crippen molar-refractivity contribution in [3.63, 3.8) is 0 Å². The number of benzene rings is 2. The van der Waals surface area contributed by atoms with Gasteiger partial charge in [0.1, 0.15) is 30.2 Å². The molecule has 1 atom stereocenters. The second-order valence-corrected chi connectivity index (χ2v) is 8.58. The fourth-order valence-corrected chi connectivity index (χ4v) is 3.96. The Labute approximate surface area is 201 Å². The molecule has 2 aromatic carbocycles. The maximum absolute atomic E-state index is 14.8. The molecule has 0 saturated heterocycles. The number of alkyl halides is 2. The molecule has 0 aliphatic heterocycles. The molecule has 2 N–H and O–H groups in total. The summed E-state index contributed by atoms with van der Waals surface area (Å²) in [4.78, 5) is 8.91. The molecule has 188 valence electrons. The molecular formula is C25H28F3N3O4. The number of anilines is 1. The van der Waals surface area contributed by atoms with E-state index in [9.17, 15) is 13.2 Å². The summed E-state index contributed by atoms with van der Waals surface area (Å²) in [7, 11) is 3.17. The first-order valence-corrected chi connectivity index (χ1v) is 11.3. The lowest BCUT2D eigenvalue weighted by atomic mass is 10.0. The van der Waals surface area contributed by atoms with Crippen LogP contribution in [-0.4, -0.2) is 48.6 Å². The highest BCUT2D eigenvalue weighted by molar-refractivity contribution is 5.91. The summed E-state index contributed by atoms with van der Waals surface area (Å²) in [5.74, 6) is -2.48. The van der Waals surface area contributed by atoms with Crippen molar-refractivity contribution in [2.75, 3.05) is 32.8 Å². The van der Waals surface area contributed by atoms with Gasteiger partial charge in [-0.1, -0.05) is 12.1 Å². The molecule has 10 heteroatoms. The number of ether oxygens (including phenoxy) is 3. The molecule has 0 bridgehead atoms. The Bertz CT molecular complexity index is 1200. The predicted molar refractivity (Wildman–Crippen MR) is 125 cm³/mol. The van der Waals surface area contributed by atoms with E-state index in [1.54, 1.807) is 33.3 Å². The van der Waals surface area contributed by atoms with Crippen LogP contribution >= 0.6 is 0 Å². The lowest BCUT2D eigenvalue weighted by Crippen LogP contribution is -2.25. The Balaban J connectivity index is 1.67. The van der Waals surface area contributed by atoms with Crippen LogP contribution in [0.5, 0.6) is 11.5 Å². The highest BCUT2D eigenvalue weighted by Gasteiger charge is 2.35. The number of rotatable bonds is 11. The molecule has 0 amide bonds. The minimum Gasteiger partial charge on any atom is -0.493 e. The molecule has 1 unspecified atom stereocenters. The maximum Gasteiger partial charge on any atom is 0.298 e. The first-order chi connectivity index (χ1) is 16.8. The smallest absolute Gasteiger partial charge is 0.298 e. The Kier molecular flexibility index (Phi) is 7.32. The van der Waals surface area contributed by atoms with Crippen LogP contribution in [0.1, 0.15) is 29.8 Å². The summed E-state index contributed by atoms with van der Waals surface area (Å²) >= 11 is 0. The minimum absolute atomic E-state index is 0.0129. The van der Waals surface area contributed by atoms with E-state index in [4.69, 9.17) is 19.3 Å². The topological polar surface area (TPSA) is 85.7 Å². The van der Waals surface area contributed by atoms with E-state index in [0.29, 0.717) is 46.6 Å². The number of fused-ring (bicyclic) bond motifs is 1.